The summed E-state index contributed by atoms with van der Waals surface area (Å²) in [5, 5.41) is 0. The quantitative estimate of drug-likeness (QED) is 0.328. The Labute approximate surface area is 34.3 Å². The van der Waals surface area contributed by atoms with Gasteiger partial charge in [0.15, 0.2) is 12.5 Å². The smallest absolute Gasteiger partial charge is 0.197 e. The van der Waals surface area contributed by atoms with Crippen molar-refractivity contribution in [1.29, 1.82) is 0 Å². The molecule has 0 rings (SSSR count). The lowest BCUT2D eigenvalue weighted by Gasteiger charge is -0.734. The Morgan fingerprint density at radius 3 is 0.800 bits per heavy atom. The summed E-state index contributed by atoms with van der Waals surface area (Å²) in [7, 11) is 0. The fourth-order valence-corrected chi connectivity index (χ4v) is 0. The molecule has 0 aliphatic carbocycles. The molecule has 0 aromatic heterocycles. The molecule has 0 saturated heterocycles. The molecule has 5 heavy (non-hydrogen) atoms. The van der Waals surface area contributed by atoms with Gasteiger partial charge >= 0.3 is 0 Å². The minimum absolute atomic E-state index is 0. The molecule has 0 bridgehead atoms. The van der Waals surface area contributed by atoms with Gasteiger partial charge in [-0.2, -0.15) is 4.21 Å². The van der Waals surface area contributed by atoms with Crippen molar-refractivity contribution in [3.05, 3.63) is 0 Å². The molecular formula is H6O4S. The van der Waals surface area contributed by atoms with Crippen LogP contribution in [0.4, 0.5) is 0 Å². The van der Waals surface area contributed by atoms with E-state index >= 15 is 0 Å². The molecule has 0 saturated carbocycles. The first kappa shape index (κ1) is 92.0. The Morgan fingerprint density at radius 2 is 0.800 bits per heavy atom. The topological polar surface area (TPSA) is 112 Å². The Balaban J connectivity index is -0.00000000167. The standard InChI is InChI=1S/OS.3H2O/c1-2;;;/h;3*1H2. The summed E-state index contributed by atoms with van der Waals surface area (Å²) in [6.07, 6.45) is 0. The van der Waals surface area contributed by atoms with Crippen LogP contribution in [0.2, 0.25) is 0 Å². The van der Waals surface area contributed by atoms with E-state index in [2.05, 4.69) is 12.5 Å². The maximum atomic E-state index is 7.83. The zero-order chi connectivity index (χ0) is 2.00. The second-order valence-corrected chi connectivity index (χ2v) is 0. The third kappa shape index (κ3) is 1410. The molecule has 6 N–H and O–H groups in total. The van der Waals surface area contributed by atoms with E-state index in [0.29, 0.717) is 0 Å². The lowest BCUT2D eigenvalue weighted by molar-refractivity contribution is 0.702. The van der Waals surface area contributed by atoms with Crippen LogP contribution in [0.25, 0.3) is 0 Å². The number of hydrogen-bond acceptors (Lipinski definition) is 2. The van der Waals surface area contributed by atoms with Crippen LogP contribution in [0.5, 0.6) is 0 Å². The van der Waals surface area contributed by atoms with Gasteiger partial charge in [0.1, 0.15) is 0 Å². The predicted octanol–water partition coefficient (Wildman–Crippen LogP) is -2.81. The SMILES string of the molecule is O.O.O.O=S. The molecule has 0 aromatic rings. The van der Waals surface area contributed by atoms with Crippen LogP contribution in [0.3, 0.4) is 0 Å². The molecule has 5 heteroatoms. The fraction of sp³-hybridized carbons (Fsp3) is 0. The highest BCUT2D eigenvalue weighted by molar-refractivity contribution is 7.44. The van der Waals surface area contributed by atoms with Crippen LogP contribution in [0, 0.1) is 0 Å². The highest BCUT2D eigenvalue weighted by atomic mass is 32.1. The van der Waals surface area contributed by atoms with Crippen molar-refractivity contribution in [2.75, 3.05) is 0 Å². The van der Waals surface area contributed by atoms with E-state index in [1.165, 1.54) is 0 Å². The molecule has 0 aliphatic heterocycles. The van der Waals surface area contributed by atoms with Crippen molar-refractivity contribution < 1.29 is 20.6 Å². The van der Waals surface area contributed by atoms with E-state index in [1.807, 2.05) is 0 Å². The van der Waals surface area contributed by atoms with E-state index in [9.17, 15) is 0 Å². The maximum Gasteiger partial charge on any atom is 0.197 e. The molecule has 0 aliphatic rings. The predicted molar refractivity (Wildman–Crippen MR) is 19.0 cm³/mol. The van der Waals surface area contributed by atoms with Gasteiger partial charge < -0.3 is 16.4 Å². The van der Waals surface area contributed by atoms with Gasteiger partial charge in [-0.1, -0.05) is 0 Å². The molecular weight excluding hydrogens is 96.1 g/mol. The van der Waals surface area contributed by atoms with Crippen molar-refractivity contribution in [1.82, 2.24) is 0 Å². The van der Waals surface area contributed by atoms with Gasteiger partial charge in [0.25, 0.3) is 0 Å². The fourth-order valence-electron chi connectivity index (χ4n) is 0. The van der Waals surface area contributed by atoms with E-state index in [4.69, 9.17) is 4.21 Å². The van der Waals surface area contributed by atoms with Crippen LogP contribution in [0.1, 0.15) is 0 Å². The van der Waals surface area contributed by atoms with Crippen molar-refractivity contribution in [2.24, 2.45) is 0 Å². The van der Waals surface area contributed by atoms with E-state index in [-0.39, 0.29) is 16.4 Å². The van der Waals surface area contributed by atoms with Gasteiger partial charge in [-0.3, -0.25) is 0 Å². The summed E-state index contributed by atoms with van der Waals surface area (Å²) >= 11 is 2.83. The Bertz CT molecular complexity index is 3.61. The van der Waals surface area contributed by atoms with Gasteiger partial charge in [-0.15, -0.1) is 0 Å². The largest absolute Gasteiger partial charge is 0.412 e. The maximum absolute atomic E-state index is 7.83. The van der Waals surface area contributed by atoms with E-state index in [1.54, 1.807) is 0 Å². The van der Waals surface area contributed by atoms with Gasteiger partial charge in [0.2, 0.25) is 0 Å². The molecule has 0 heterocycles. The average Bonchev–Trinajstić information content (AvgIpc) is 1.00. The summed E-state index contributed by atoms with van der Waals surface area (Å²) in [4.78, 5) is 0. The monoisotopic (exact) mass is 102 g/mol. The average molecular weight is 102 g/mol. The molecule has 36 valence electrons. The summed E-state index contributed by atoms with van der Waals surface area (Å²) in [5.74, 6) is 0. The molecule has 0 radical (unpaired) electrons. The lowest BCUT2D eigenvalue weighted by atomic mass is 16.0. The summed E-state index contributed by atoms with van der Waals surface area (Å²) in [5.41, 5.74) is 0. The van der Waals surface area contributed by atoms with Crippen molar-refractivity contribution >= 4 is 12.5 Å². The highest BCUT2D eigenvalue weighted by Crippen LogP contribution is 0.558. The van der Waals surface area contributed by atoms with Gasteiger partial charge in [-0.25, -0.2) is 0 Å². The van der Waals surface area contributed by atoms with Crippen LogP contribution >= 0.6 is 0 Å². The Kier molecular flexibility index (Phi) is 60400. The van der Waals surface area contributed by atoms with E-state index < -0.39 is 0 Å². The minimum atomic E-state index is 0. The molecule has 4 nitrogen and oxygen atoms in total. The van der Waals surface area contributed by atoms with E-state index in [0.717, 1.165) is 0 Å². The molecule has 0 fully saturated rings. The zero-order valence-corrected chi connectivity index (χ0v) is 3.13. The van der Waals surface area contributed by atoms with Gasteiger partial charge in [-0.05, 0) is 0 Å². The molecule has 0 amide bonds. The summed E-state index contributed by atoms with van der Waals surface area (Å²) < 4.78 is 7.83. The first-order chi connectivity index (χ1) is 1.00. The second kappa shape index (κ2) is 3280. The third-order valence-corrected chi connectivity index (χ3v) is 0. The van der Waals surface area contributed by atoms with Crippen LogP contribution < -0.4 is 0 Å². The minimum Gasteiger partial charge on any atom is -0.412 e. The van der Waals surface area contributed by atoms with Gasteiger partial charge in [0, 0.05) is 0 Å². The Morgan fingerprint density at radius 1 is 0.800 bits per heavy atom. The zero-order valence-electron chi connectivity index (χ0n) is 2.32. The first-order valence-electron chi connectivity index (χ1n) is 0.167. The molecule has 0 spiro atoms. The van der Waals surface area contributed by atoms with Crippen molar-refractivity contribution in [2.45, 2.75) is 0 Å². The third-order valence-electron chi connectivity index (χ3n) is 0. The van der Waals surface area contributed by atoms with Crippen LogP contribution in [-0.2, 0) is 12.5 Å². The molecule has 0 atom stereocenters. The Hall–Kier alpha value is -0.100. The number of hydrogen-bond donors (Lipinski definition) is 0. The highest BCUT2D eigenvalue weighted by Gasteiger charge is 0.734. The van der Waals surface area contributed by atoms with Gasteiger partial charge in [0.05, 0.1) is 0 Å². The number of rotatable bonds is 0. The molecule has 0 aromatic carbocycles. The summed E-state index contributed by atoms with van der Waals surface area (Å²) in [6.45, 7) is 0. The van der Waals surface area contributed by atoms with Crippen LogP contribution in [-0.4, -0.2) is 20.6 Å². The second-order valence-electron chi connectivity index (χ2n) is 0. The normalized spacial score (nSPS) is 0.800. The first-order valence-corrected chi connectivity index (χ1v) is 0.500. The van der Waals surface area contributed by atoms with Crippen LogP contribution in [0.15, 0.2) is 0 Å². The van der Waals surface area contributed by atoms with Crippen molar-refractivity contribution in [3.8, 4) is 0 Å². The summed E-state index contributed by atoms with van der Waals surface area (Å²) in [6, 6.07) is 0. The molecule has 0 unspecified atom stereocenters. The lowest BCUT2D eigenvalue weighted by Crippen LogP contribution is -0.894. The van der Waals surface area contributed by atoms with Crippen molar-refractivity contribution in [3.63, 3.8) is 0 Å².